The Morgan fingerprint density at radius 2 is 2.54 bits per heavy atom. The van der Waals surface area contributed by atoms with Crippen LogP contribution < -0.4 is 10.6 Å². The third kappa shape index (κ3) is 2.29. The molecule has 1 saturated heterocycles. The van der Waals surface area contributed by atoms with Crippen molar-refractivity contribution in [3.05, 3.63) is 12.7 Å². The van der Waals surface area contributed by atoms with Crippen LogP contribution in [0.1, 0.15) is 6.42 Å². The van der Waals surface area contributed by atoms with E-state index >= 15 is 0 Å². The average molecular weight is 184 g/mol. The summed E-state index contributed by atoms with van der Waals surface area (Å²) in [5, 5.41) is 13.8. The van der Waals surface area contributed by atoms with Crippen LogP contribution in [-0.2, 0) is 9.59 Å². The zero-order valence-electron chi connectivity index (χ0n) is 7.12. The normalized spacial score (nSPS) is 26.7. The van der Waals surface area contributed by atoms with Gasteiger partial charge in [0.2, 0.25) is 11.8 Å². The molecule has 0 aromatic carbocycles. The Kier molecular flexibility index (Phi) is 3.02. The predicted molar refractivity (Wildman–Crippen MR) is 45.8 cm³/mol. The lowest BCUT2D eigenvalue weighted by molar-refractivity contribution is -0.125. The van der Waals surface area contributed by atoms with Gasteiger partial charge in [0.1, 0.15) is 6.04 Å². The number of nitrogens with one attached hydrogen (secondary N) is 2. The van der Waals surface area contributed by atoms with Crippen LogP contribution in [0.5, 0.6) is 0 Å². The first-order valence-electron chi connectivity index (χ1n) is 4.01. The maximum absolute atomic E-state index is 11.1. The van der Waals surface area contributed by atoms with E-state index in [1.807, 2.05) is 0 Å². The van der Waals surface area contributed by atoms with E-state index in [0.717, 1.165) is 6.08 Å². The van der Waals surface area contributed by atoms with E-state index in [-0.39, 0.29) is 24.5 Å². The summed E-state index contributed by atoms with van der Waals surface area (Å²) in [6, 6.07) is -0.787. The van der Waals surface area contributed by atoms with Gasteiger partial charge < -0.3 is 15.7 Å². The van der Waals surface area contributed by atoms with Crippen LogP contribution in [0.3, 0.4) is 0 Å². The molecule has 5 heteroatoms. The van der Waals surface area contributed by atoms with E-state index in [1.54, 1.807) is 0 Å². The molecule has 72 valence electrons. The minimum absolute atomic E-state index is 0.105. The Hall–Kier alpha value is -1.36. The Morgan fingerprint density at radius 1 is 1.85 bits per heavy atom. The fourth-order valence-electron chi connectivity index (χ4n) is 1.23. The molecule has 0 saturated carbocycles. The molecule has 1 heterocycles. The molecule has 0 aromatic heterocycles. The molecule has 13 heavy (non-hydrogen) atoms. The summed E-state index contributed by atoms with van der Waals surface area (Å²) in [5.41, 5.74) is 0. The van der Waals surface area contributed by atoms with Crippen molar-refractivity contribution in [2.45, 2.75) is 18.5 Å². The Labute approximate surface area is 75.8 Å². The van der Waals surface area contributed by atoms with Gasteiger partial charge in [-0.25, -0.2) is 0 Å². The fourth-order valence-corrected chi connectivity index (χ4v) is 1.23. The fraction of sp³-hybridized carbons (Fsp3) is 0.500. The monoisotopic (exact) mass is 184 g/mol. The van der Waals surface area contributed by atoms with E-state index < -0.39 is 6.04 Å². The molecule has 0 aromatic rings. The van der Waals surface area contributed by atoms with Crippen molar-refractivity contribution in [3.8, 4) is 0 Å². The molecule has 1 aliphatic rings. The molecule has 0 unspecified atom stereocenters. The number of carbonyl (C=O) groups excluding carboxylic acids is 2. The van der Waals surface area contributed by atoms with Gasteiger partial charge in [0.25, 0.3) is 0 Å². The van der Waals surface area contributed by atoms with Crippen LogP contribution in [0, 0.1) is 0 Å². The number of amides is 2. The molecule has 1 aliphatic heterocycles. The molecule has 2 atom stereocenters. The van der Waals surface area contributed by atoms with Crippen LogP contribution in [0.15, 0.2) is 12.7 Å². The highest BCUT2D eigenvalue weighted by atomic mass is 16.3. The first kappa shape index (κ1) is 9.73. The molecule has 1 rings (SSSR count). The summed E-state index contributed by atoms with van der Waals surface area (Å²) in [7, 11) is 0. The van der Waals surface area contributed by atoms with Crippen LogP contribution in [-0.4, -0.2) is 35.6 Å². The first-order chi connectivity index (χ1) is 6.17. The van der Waals surface area contributed by atoms with E-state index in [4.69, 9.17) is 5.11 Å². The second-order valence-corrected chi connectivity index (χ2v) is 2.89. The average Bonchev–Trinajstić information content (AvgIpc) is 2.47. The Balaban J connectivity index is 2.48. The highest BCUT2D eigenvalue weighted by molar-refractivity contribution is 5.93. The Bertz CT molecular complexity index is 240. The van der Waals surface area contributed by atoms with Crippen molar-refractivity contribution in [2.75, 3.05) is 6.61 Å². The maximum Gasteiger partial charge on any atom is 0.244 e. The highest BCUT2D eigenvalue weighted by Gasteiger charge is 2.31. The van der Waals surface area contributed by atoms with E-state index in [9.17, 15) is 9.59 Å². The summed E-state index contributed by atoms with van der Waals surface area (Å²) in [4.78, 5) is 22.0. The van der Waals surface area contributed by atoms with Gasteiger partial charge in [-0.2, -0.15) is 0 Å². The van der Waals surface area contributed by atoms with Gasteiger partial charge in [-0.3, -0.25) is 9.59 Å². The number of hydrogen-bond donors (Lipinski definition) is 3. The third-order valence-corrected chi connectivity index (χ3v) is 1.91. The van der Waals surface area contributed by atoms with Crippen LogP contribution in [0.25, 0.3) is 0 Å². The molecule has 0 radical (unpaired) electrons. The SMILES string of the molecule is C=CC(=O)N[C@H]1C[C@H](CO)NC1=O. The van der Waals surface area contributed by atoms with Gasteiger partial charge in [0, 0.05) is 0 Å². The molecule has 0 bridgehead atoms. The second kappa shape index (κ2) is 4.04. The first-order valence-corrected chi connectivity index (χ1v) is 4.01. The van der Waals surface area contributed by atoms with Gasteiger partial charge in [-0.15, -0.1) is 0 Å². The molecule has 2 amide bonds. The third-order valence-electron chi connectivity index (χ3n) is 1.91. The number of aliphatic hydroxyl groups excluding tert-OH is 1. The molecule has 5 nitrogen and oxygen atoms in total. The number of aliphatic hydroxyl groups is 1. The van der Waals surface area contributed by atoms with Crippen molar-refractivity contribution < 1.29 is 14.7 Å². The lowest BCUT2D eigenvalue weighted by Crippen LogP contribution is -2.39. The molecule has 3 N–H and O–H groups in total. The lowest BCUT2D eigenvalue weighted by atomic mass is 10.2. The van der Waals surface area contributed by atoms with Gasteiger partial charge in [-0.1, -0.05) is 6.58 Å². The van der Waals surface area contributed by atoms with Gasteiger partial charge in [-0.05, 0) is 12.5 Å². The van der Waals surface area contributed by atoms with Crippen molar-refractivity contribution in [3.63, 3.8) is 0 Å². The zero-order valence-corrected chi connectivity index (χ0v) is 7.12. The van der Waals surface area contributed by atoms with Gasteiger partial charge in [0.15, 0.2) is 0 Å². The lowest BCUT2D eigenvalue weighted by Gasteiger charge is -2.06. The summed E-state index contributed by atoms with van der Waals surface area (Å²) in [5.74, 6) is -0.631. The molecular formula is C8H12N2O3. The molecular weight excluding hydrogens is 172 g/mol. The second-order valence-electron chi connectivity index (χ2n) is 2.89. The minimum atomic E-state index is -0.539. The molecule has 1 fully saturated rings. The molecule has 0 spiro atoms. The minimum Gasteiger partial charge on any atom is -0.394 e. The van der Waals surface area contributed by atoms with Crippen molar-refractivity contribution in [1.29, 1.82) is 0 Å². The van der Waals surface area contributed by atoms with Crippen molar-refractivity contribution >= 4 is 11.8 Å². The standard InChI is InChI=1S/C8H12N2O3/c1-2-7(12)10-6-3-5(4-11)9-8(6)13/h2,5-6,11H,1,3-4H2,(H,9,13)(H,10,12)/t5-,6+/m1/s1. The maximum atomic E-state index is 11.1. The van der Waals surface area contributed by atoms with Crippen LogP contribution >= 0.6 is 0 Å². The zero-order chi connectivity index (χ0) is 9.84. The summed E-state index contributed by atoms with van der Waals surface area (Å²) in [6.45, 7) is 3.17. The van der Waals surface area contributed by atoms with E-state index in [2.05, 4.69) is 17.2 Å². The predicted octanol–water partition coefficient (Wildman–Crippen LogP) is -1.46. The number of carbonyl (C=O) groups is 2. The number of hydrogen-bond acceptors (Lipinski definition) is 3. The quantitative estimate of drug-likeness (QED) is 0.469. The Morgan fingerprint density at radius 3 is 3.00 bits per heavy atom. The summed E-state index contributed by atoms with van der Waals surface area (Å²) >= 11 is 0. The van der Waals surface area contributed by atoms with Crippen molar-refractivity contribution in [2.24, 2.45) is 0 Å². The smallest absolute Gasteiger partial charge is 0.244 e. The summed E-state index contributed by atoms with van der Waals surface area (Å²) < 4.78 is 0. The summed E-state index contributed by atoms with van der Waals surface area (Å²) in [6.07, 6.45) is 1.54. The van der Waals surface area contributed by atoms with Crippen LogP contribution in [0.4, 0.5) is 0 Å². The van der Waals surface area contributed by atoms with Crippen molar-refractivity contribution in [1.82, 2.24) is 10.6 Å². The topological polar surface area (TPSA) is 78.4 Å². The highest BCUT2D eigenvalue weighted by Crippen LogP contribution is 2.07. The van der Waals surface area contributed by atoms with E-state index in [1.165, 1.54) is 0 Å². The number of rotatable bonds is 3. The molecule has 0 aliphatic carbocycles. The van der Waals surface area contributed by atoms with Gasteiger partial charge in [0.05, 0.1) is 12.6 Å². The largest absolute Gasteiger partial charge is 0.394 e. The van der Waals surface area contributed by atoms with Crippen LogP contribution in [0.2, 0.25) is 0 Å². The van der Waals surface area contributed by atoms with E-state index in [0.29, 0.717) is 6.42 Å². The van der Waals surface area contributed by atoms with Gasteiger partial charge >= 0.3 is 0 Å².